The van der Waals surface area contributed by atoms with Crippen LogP contribution in [0.1, 0.15) is 15.9 Å². The molecule has 1 rings (SSSR count). The number of carbonyl (C=O) groups excluding carboxylic acids is 1. The van der Waals surface area contributed by atoms with E-state index in [4.69, 9.17) is 0 Å². The first kappa shape index (κ1) is 10.5. The number of hydrogen-bond acceptors (Lipinski definition) is 3. The van der Waals surface area contributed by atoms with Crippen LogP contribution in [0.15, 0.2) is 18.5 Å². The molecule has 1 aromatic heterocycles. The fourth-order valence-corrected chi connectivity index (χ4v) is 0.908. The van der Waals surface area contributed by atoms with Crippen molar-refractivity contribution >= 4 is 5.97 Å². The maximum absolute atomic E-state index is 12.3. The van der Waals surface area contributed by atoms with Crippen LogP contribution in [-0.2, 0) is 10.9 Å². The third-order valence-corrected chi connectivity index (χ3v) is 1.53. The molecule has 0 N–H and O–H groups in total. The van der Waals surface area contributed by atoms with Crippen LogP contribution in [0.2, 0.25) is 0 Å². The SMILES string of the molecule is COC(=O)c1ccncc1C(F)(F)F. The third-order valence-electron chi connectivity index (χ3n) is 1.53. The highest BCUT2D eigenvalue weighted by Crippen LogP contribution is 2.31. The van der Waals surface area contributed by atoms with Crippen LogP contribution in [0.4, 0.5) is 13.2 Å². The number of alkyl halides is 3. The summed E-state index contributed by atoms with van der Waals surface area (Å²) in [7, 11) is 1.02. The second-order valence-electron chi connectivity index (χ2n) is 2.41. The highest BCUT2D eigenvalue weighted by molar-refractivity contribution is 5.90. The summed E-state index contributed by atoms with van der Waals surface area (Å²) >= 11 is 0. The van der Waals surface area contributed by atoms with Gasteiger partial charge >= 0.3 is 12.1 Å². The molecule has 0 spiro atoms. The Hall–Kier alpha value is -1.59. The van der Waals surface area contributed by atoms with Crippen molar-refractivity contribution in [1.82, 2.24) is 4.98 Å². The fraction of sp³-hybridized carbons (Fsp3) is 0.250. The van der Waals surface area contributed by atoms with E-state index in [1.807, 2.05) is 0 Å². The summed E-state index contributed by atoms with van der Waals surface area (Å²) in [4.78, 5) is 14.2. The molecule has 6 heteroatoms. The normalized spacial score (nSPS) is 11.1. The topological polar surface area (TPSA) is 39.2 Å². The number of esters is 1. The van der Waals surface area contributed by atoms with Crippen LogP contribution in [0.3, 0.4) is 0 Å². The molecular weight excluding hydrogens is 199 g/mol. The van der Waals surface area contributed by atoms with Crippen LogP contribution in [0, 0.1) is 0 Å². The number of ether oxygens (including phenoxy) is 1. The molecule has 0 aliphatic rings. The number of pyridine rings is 1. The molecule has 14 heavy (non-hydrogen) atoms. The van der Waals surface area contributed by atoms with Gasteiger partial charge in [0.15, 0.2) is 0 Å². The number of rotatable bonds is 1. The van der Waals surface area contributed by atoms with Gasteiger partial charge in [0.1, 0.15) is 0 Å². The van der Waals surface area contributed by atoms with Crippen molar-refractivity contribution in [3.05, 3.63) is 29.6 Å². The number of halogens is 3. The molecule has 0 unspecified atom stereocenters. The maximum Gasteiger partial charge on any atom is 0.418 e. The maximum atomic E-state index is 12.3. The van der Waals surface area contributed by atoms with Crippen molar-refractivity contribution in [3.63, 3.8) is 0 Å². The van der Waals surface area contributed by atoms with Gasteiger partial charge in [-0.2, -0.15) is 13.2 Å². The summed E-state index contributed by atoms with van der Waals surface area (Å²) in [6.07, 6.45) is -2.91. The molecule has 0 aliphatic carbocycles. The van der Waals surface area contributed by atoms with E-state index >= 15 is 0 Å². The lowest BCUT2D eigenvalue weighted by atomic mass is 10.1. The zero-order valence-corrected chi connectivity index (χ0v) is 7.13. The summed E-state index contributed by atoms with van der Waals surface area (Å²) in [5, 5.41) is 0. The van der Waals surface area contributed by atoms with Gasteiger partial charge in [-0.3, -0.25) is 4.98 Å². The van der Waals surface area contributed by atoms with Crippen molar-refractivity contribution in [3.8, 4) is 0 Å². The van der Waals surface area contributed by atoms with Crippen LogP contribution in [0.25, 0.3) is 0 Å². The van der Waals surface area contributed by atoms with E-state index in [1.54, 1.807) is 0 Å². The van der Waals surface area contributed by atoms with Crippen LogP contribution in [-0.4, -0.2) is 18.1 Å². The Morgan fingerprint density at radius 1 is 1.50 bits per heavy atom. The quantitative estimate of drug-likeness (QED) is 0.657. The Labute approximate surface area is 77.5 Å². The molecule has 0 radical (unpaired) electrons. The molecule has 1 aromatic rings. The molecule has 0 aromatic carbocycles. The molecule has 76 valence electrons. The molecule has 1 heterocycles. The molecule has 0 amide bonds. The highest BCUT2D eigenvalue weighted by Gasteiger charge is 2.35. The van der Waals surface area contributed by atoms with E-state index < -0.39 is 23.3 Å². The van der Waals surface area contributed by atoms with Gasteiger partial charge in [-0.1, -0.05) is 0 Å². The molecule has 0 atom stereocenters. The number of methoxy groups -OCH3 is 1. The summed E-state index contributed by atoms with van der Waals surface area (Å²) in [6.45, 7) is 0. The van der Waals surface area contributed by atoms with Gasteiger partial charge in [0, 0.05) is 12.4 Å². The average molecular weight is 205 g/mol. The van der Waals surface area contributed by atoms with Gasteiger partial charge in [-0.05, 0) is 6.07 Å². The molecule has 0 saturated carbocycles. The largest absolute Gasteiger partial charge is 0.465 e. The lowest BCUT2D eigenvalue weighted by molar-refractivity contribution is -0.138. The van der Waals surface area contributed by atoms with E-state index in [9.17, 15) is 18.0 Å². The Morgan fingerprint density at radius 3 is 2.64 bits per heavy atom. The molecule has 3 nitrogen and oxygen atoms in total. The number of carbonyl (C=O) groups is 1. The second kappa shape index (κ2) is 3.65. The standard InChI is InChI=1S/C8H6F3NO2/c1-14-7(13)5-2-3-12-4-6(5)8(9,10)11/h2-4H,1H3. The van der Waals surface area contributed by atoms with E-state index in [0.29, 0.717) is 6.20 Å². The smallest absolute Gasteiger partial charge is 0.418 e. The number of aromatic nitrogens is 1. The minimum Gasteiger partial charge on any atom is -0.465 e. The van der Waals surface area contributed by atoms with Gasteiger partial charge in [-0.25, -0.2) is 4.79 Å². The molecular formula is C8H6F3NO2. The average Bonchev–Trinajstić information content (AvgIpc) is 2.15. The Bertz CT molecular complexity index is 349. The van der Waals surface area contributed by atoms with Gasteiger partial charge in [-0.15, -0.1) is 0 Å². The molecule has 0 bridgehead atoms. The minimum atomic E-state index is -4.60. The molecule has 0 saturated heterocycles. The summed E-state index contributed by atoms with van der Waals surface area (Å²) in [6, 6.07) is 0.967. The van der Waals surface area contributed by atoms with Crippen LogP contribution < -0.4 is 0 Å². The second-order valence-corrected chi connectivity index (χ2v) is 2.41. The Morgan fingerprint density at radius 2 is 2.14 bits per heavy atom. The lowest BCUT2D eigenvalue weighted by Crippen LogP contribution is -2.14. The lowest BCUT2D eigenvalue weighted by Gasteiger charge is -2.09. The minimum absolute atomic E-state index is 0.532. The van der Waals surface area contributed by atoms with E-state index in [0.717, 1.165) is 19.4 Å². The first-order valence-electron chi connectivity index (χ1n) is 3.56. The van der Waals surface area contributed by atoms with Gasteiger partial charge in [0.2, 0.25) is 0 Å². The zero-order valence-electron chi connectivity index (χ0n) is 7.13. The van der Waals surface area contributed by atoms with E-state index in [1.165, 1.54) is 0 Å². The molecule has 0 fully saturated rings. The number of hydrogen-bond donors (Lipinski definition) is 0. The van der Waals surface area contributed by atoms with Crippen LogP contribution in [0.5, 0.6) is 0 Å². The summed E-state index contributed by atoms with van der Waals surface area (Å²) < 4.78 is 41.1. The van der Waals surface area contributed by atoms with Crippen molar-refractivity contribution in [2.45, 2.75) is 6.18 Å². The fourth-order valence-electron chi connectivity index (χ4n) is 0.908. The van der Waals surface area contributed by atoms with Crippen molar-refractivity contribution in [2.75, 3.05) is 7.11 Å². The molecule has 0 aliphatic heterocycles. The Kier molecular flexibility index (Phi) is 2.73. The van der Waals surface area contributed by atoms with Gasteiger partial charge < -0.3 is 4.74 Å². The predicted octanol–water partition coefficient (Wildman–Crippen LogP) is 1.89. The number of nitrogens with zero attached hydrogens (tertiary/aromatic N) is 1. The summed E-state index contributed by atoms with van der Waals surface area (Å²) in [5.41, 5.74) is -1.62. The monoisotopic (exact) mass is 205 g/mol. The van der Waals surface area contributed by atoms with E-state index in [2.05, 4.69) is 9.72 Å². The van der Waals surface area contributed by atoms with Crippen molar-refractivity contribution < 1.29 is 22.7 Å². The third kappa shape index (κ3) is 2.01. The van der Waals surface area contributed by atoms with Crippen molar-refractivity contribution in [1.29, 1.82) is 0 Å². The van der Waals surface area contributed by atoms with E-state index in [-0.39, 0.29) is 0 Å². The van der Waals surface area contributed by atoms with Gasteiger partial charge in [0.05, 0.1) is 18.2 Å². The van der Waals surface area contributed by atoms with Crippen LogP contribution >= 0.6 is 0 Å². The Balaban J connectivity index is 3.23. The predicted molar refractivity (Wildman–Crippen MR) is 40.6 cm³/mol. The van der Waals surface area contributed by atoms with Gasteiger partial charge in [0.25, 0.3) is 0 Å². The first-order valence-corrected chi connectivity index (χ1v) is 3.56. The summed E-state index contributed by atoms with van der Waals surface area (Å²) in [5.74, 6) is -1.03. The highest BCUT2D eigenvalue weighted by atomic mass is 19.4. The van der Waals surface area contributed by atoms with Crippen molar-refractivity contribution in [2.24, 2.45) is 0 Å². The first-order chi connectivity index (χ1) is 6.46. The zero-order chi connectivity index (χ0) is 10.8.